The normalized spacial score (nSPS) is 17.6. The van der Waals surface area contributed by atoms with E-state index in [1.54, 1.807) is 6.33 Å². The maximum absolute atomic E-state index is 4.72. The van der Waals surface area contributed by atoms with Gasteiger partial charge in [0.1, 0.15) is 12.9 Å². The molecule has 2 rings (SSSR count). The number of piperidine rings is 1. The first-order chi connectivity index (χ1) is 9.74. The SMILES string of the molecule is CCNC(=NCc1nncn1CC)N1CCC(C)CC1. The van der Waals surface area contributed by atoms with Crippen LogP contribution in [0.3, 0.4) is 0 Å². The Kier molecular flexibility index (Phi) is 5.38. The molecule has 0 amide bonds. The van der Waals surface area contributed by atoms with E-state index in [0.29, 0.717) is 6.54 Å². The van der Waals surface area contributed by atoms with E-state index in [1.807, 2.05) is 4.57 Å². The molecule has 0 aromatic carbocycles. The number of aryl methyl sites for hydroxylation is 1. The molecule has 2 heterocycles. The van der Waals surface area contributed by atoms with Gasteiger partial charge < -0.3 is 14.8 Å². The number of aromatic nitrogens is 3. The number of hydrogen-bond donors (Lipinski definition) is 1. The van der Waals surface area contributed by atoms with Crippen LogP contribution in [0, 0.1) is 5.92 Å². The Labute approximate surface area is 121 Å². The molecule has 0 atom stereocenters. The smallest absolute Gasteiger partial charge is 0.194 e. The quantitative estimate of drug-likeness (QED) is 0.670. The molecule has 6 nitrogen and oxygen atoms in total. The maximum atomic E-state index is 4.72. The first-order valence-corrected chi connectivity index (χ1v) is 7.64. The Morgan fingerprint density at radius 2 is 2.15 bits per heavy atom. The van der Waals surface area contributed by atoms with E-state index in [0.717, 1.165) is 43.9 Å². The molecule has 1 aliphatic rings. The van der Waals surface area contributed by atoms with Crippen molar-refractivity contribution in [3.05, 3.63) is 12.2 Å². The van der Waals surface area contributed by atoms with Gasteiger partial charge in [-0.3, -0.25) is 0 Å². The van der Waals surface area contributed by atoms with Gasteiger partial charge in [-0.15, -0.1) is 10.2 Å². The van der Waals surface area contributed by atoms with Crippen LogP contribution in [0.25, 0.3) is 0 Å². The Hall–Kier alpha value is -1.59. The third-order valence-electron chi connectivity index (χ3n) is 3.82. The monoisotopic (exact) mass is 278 g/mol. The van der Waals surface area contributed by atoms with E-state index in [1.165, 1.54) is 12.8 Å². The summed E-state index contributed by atoms with van der Waals surface area (Å²) in [6.07, 6.45) is 4.26. The summed E-state index contributed by atoms with van der Waals surface area (Å²) in [5.41, 5.74) is 0. The lowest BCUT2D eigenvalue weighted by atomic mass is 10.00. The molecule has 1 N–H and O–H groups in total. The van der Waals surface area contributed by atoms with Crippen LogP contribution < -0.4 is 5.32 Å². The molecule has 0 unspecified atom stereocenters. The van der Waals surface area contributed by atoms with E-state index < -0.39 is 0 Å². The molecule has 0 bridgehead atoms. The van der Waals surface area contributed by atoms with Crippen molar-refractivity contribution in [3.63, 3.8) is 0 Å². The highest BCUT2D eigenvalue weighted by Crippen LogP contribution is 2.16. The predicted octanol–water partition coefficient (Wildman–Crippen LogP) is 1.50. The van der Waals surface area contributed by atoms with Crippen molar-refractivity contribution in [2.75, 3.05) is 19.6 Å². The van der Waals surface area contributed by atoms with Gasteiger partial charge in [-0.05, 0) is 32.6 Å². The average molecular weight is 278 g/mol. The van der Waals surface area contributed by atoms with Crippen molar-refractivity contribution in [2.45, 2.75) is 46.7 Å². The molecule has 1 aromatic rings. The number of nitrogens with zero attached hydrogens (tertiary/aromatic N) is 5. The van der Waals surface area contributed by atoms with Gasteiger partial charge in [0.05, 0.1) is 0 Å². The zero-order valence-corrected chi connectivity index (χ0v) is 12.8. The summed E-state index contributed by atoms with van der Waals surface area (Å²) in [5, 5.41) is 11.5. The van der Waals surface area contributed by atoms with Crippen molar-refractivity contribution < 1.29 is 0 Å². The van der Waals surface area contributed by atoms with E-state index in [2.05, 4.69) is 41.2 Å². The van der Waals surface area contributed by atoms with Crippen molar-refractivity contribution >= 4 is 5.96 Å². The third-order valence-corrected chi connectivity index (χ3v) is 3.82. The van der Waals surface area contributed by atoms with Gasteiger partial charge >= 0.3 is 0 Å². The summed E-state index contributed by atoms with van der Waals surface area (Å²) in [5.74, 6) is 2.76. The minimum absolute atomic E-state index is 0.586. The van der Waals surface area contributed by atoms with Crippen molar-refractivity contribution in [3.8, 4) is 0 Å². The van der Waals surface area contributed by atoms with Gasteiger partial charge in [0.25, 0.3) is 0 Å². The number of hydrogen-bond acceptors (Lipinski definition) is 3. The van der Waals surface area contributed by atoms with Crippen LogP contribution in [0.5, 0.6) is 0 Å². The highest BCUT2D eigenvalue weighted by Gasteiger charge is 2.18. The Balaban J connectivity index is 2.02. The fourth-order valence-electron chi connectivity index (χ4n) is 2.46. The van der Waals surface area contributed by atoms with E-state index in [9.17, 15) is 0 Å². The second kappa shape index (κ2) is 7.26. The fourth-order valence-corrected chi connectivity index (χ4v) is 2.46. The molecule has 1 saturated heterocycles. The molecule has 1 fully saturated rings. The van der Waals surface area contributed by atoms with Gasteiger partial charge in [0.15, 0.2) is 11.8 Å². The maximum Gasteiger partial charge on any atom is 0.194 e. The number of rotatable bonds is 4. The highest BCUT2D eigenvalue weighted by atomic mass is 15.3. The fraction of sp³-hybridized carbons (Fsp3) is 0.786. The molecule has 1 aliphatic heterocycles. The number of nitrogens with one attached hydrogen (secondary N) is 1. The van der Waals surface area contributed by atoms with Crippen LogP contribution in [-0.2, 0) is 13.1 Å². The van der Waals surface area contributed by atoms with Crippen LogP contribution in [0.1, 0.15) is 39.4 Å². The Bertz CT molecular complexity index is 431. The molecule has 6 heteroatoms. The van der Waals surface area contributed by atoms with E-state index in [4.69, 9.17) is 4.99 Å². The number of guanidine groups is 1. The lowest BCUT2D eigenvalue weighted by Crippen LogP contribution is -2.45. The van der Waals surface area contributed by atoms with Crippen molar-refractivity contribution in [1.82, 2.24) is 25.0 Å². The third kappa shape index (κ3) is 3.71. The minimum atomic E-state index is 0.586. The zero-order chi connectivity index (χ0) is 14.4. The van der Waals surface area contributed by atoms with Gasteiger partial charge in [-0.25, -0.2) is 4.99 Å². The second-order valence-electron chi connectivity index (χ2n) is 5.37. The largest absolute Gasteiger partial charge is 0.357 e. The van der Waals surface area contributed by atoms with E-state index >= 15 is 0 Å². The molecular formula is C14H26N6. The van der Waals surface area contributed by atoms with Gasteiger partial charge in [-0.2, -0.15) is 0 Å². The van der Waals surface area contributed by atoms with Crippen LogP contribution >= 0.6 is 0 Å². The first-order valence-electron chi connectivity index (χ1n) is 7.64. The van der Waals surface area contributed by atoms with Crippen LogP contribution in [0.4, 0.5) is 0 Å². The summed E-state index contributed by atoms with van der Waals surface area (Å²) in [6, 6.07) is 0. The Morgan fingerprint density at radius 3 is 2.80 bits per heavy atom. The summed E-state index contributed by atoms with van der Waals surface area (Å²) in [7, 11) is 0. The molecule has 112 valence electrons. The van der Waals surface area contributed by atoms with Crippen LogP contribution in [0.15, 0.2) is 11.3 Å². The lowest BCUT2D eigenvalue weighted by Gasteiger charge is -2.32. The second-order valence-corrected chi connectivity index (χ2v) is 5.37. The molecule has 0 saturated carbocycles. The lowest BCUT2D eigenvalue weighted by molar-refractivity contribution is 0.273. The molecule has 0 radical (unpaired) electrons. The van der Waals surface area contributed by atoms with Crippen LogP contribution in [0.2, 0.25) is 0 Å². The summed E-state index contributed by atoms with van der Waals surface area (Å²) < 4.78 is 2.03. The molecular weight excluding hydrogens is 252 g/mol. The summed E-state index contributed by atoms with van der Waals surface area (Å²) in [6.45, 7) is 11.1. The predicted molar refractivity (Wildman–Crippen MR) is 80.5 cm³/mol. The average Bonchev–Trinajstić information content (AvgIpc) is 2.92. The van der Waals surface area contributed by atoms with Crippen molar-refractivity contribution in [2.24, 2.45) is 10.9 Å². The van der Waals surface area contributed by atoms with E-state index in [-0.39, 0.29) is 0 Å². The summed E-state index contributed by atoms with van der Waals surface area (Å²) in [4.78, 5) is 7.08. The molecule has 20 heavy (non-hydrogen) atoms. The summed E-state index contributed by atoms with van der Waals surface area (Å²) >= 11 is 0. The Morgan fingerprint density at radius 1 is 1.40 bits per heavy atom. The highest BCUT2D eigenvalue weighted by molar-refractivity contribution is 5.80. The van der Waals surface area contributed by atoms with Crippen molar-refractivity contribution in [1.29, 1.82) is 0 Å². The van der Waals surface area contributed by atoms with Gasteiger partial charge in [0, 0.05) is 26.2 Å². The standard InChI is InChI=1S/C14H26N6/c1-4-15-14(20-8-6-12(3)7-9-20)16-10-13-18-17-11-19(13)5-2/h11-12H,4-10H2,1-3H3,(H,15,16). The zero-order valence-electron chi connectivity index (χ0n) is 12.8. The first kappa shape index (κ1) is 14.8. The molecule has 1 aromatic heterocycles. The molecule has 0 aliphatic carbocycles. The number of aliphatic imine (C=N–C) groups is 1. The van der Waals surface area contributed by atoms with Crippen LogP contribution in [-0.4, -0.2) is 45.3 Å². The van der Waals surface area contributed by atoms with Gasteiger partial charge in [0.2, 0.25) is 0 Å². The minimum Gasteiger partial charge on any atom is -0.357 e. The molecule has 0 spiro atoms. The van der Waals surface area contributed by atoms with Gasteiger partial charge in [-0.1, -0.05) is 6.92 Å². The topological polar surface area (TPSA) is 58.3 Å². The number of likely N-dealkylation sites (tertiary alicyclic amines) is 1.